The van der Waals surface area contributed by atoms with E-state index in [9.17, 15) is 4.79 Å². The predicted molar refractivity (Wildman–Crippen MR) is 84.7 cm³/mol. The molecule has 0 unspecified atom stereocenters. The number of carbonyl (C=O) groups is 1. The molecule has 22 heavy (non-hydrogen) atoms. The summed E-state index contributed by atoms with van der Waals surface area (Å²) >= 11 is 0. The van der Waals surface area contributed by atoms with Gasteiger partial charge in [0.25, 0.3) is 5.91 Å². The molecule has 5 nitrogen and oxygen atoms in total. The van der Waals surface area contributed by atoms with Gasteiger partial charge >= 0.3 is 0 Å². The fourth-order valence-corrected chi connectivity index (χ4v) is 2.51. The summed E-state index contributed by atoms with van der Waals surface area (Å²) in [5, 5.41) is 4.38. The Labute approximate surface area is 129 Å². The summed E-state index contributed by atoms with van der Waals surface area (Å²) in [6.07, 6.45) is 1.63. The zero-order valence-electron chi connectivity index (χ0n) is 12.9. The van der Waals surface area contributed by atoms with Gasteiger partial charge in [0.05, 0.1) is 17.0 Å². The second-order valence-electron chi connectivity index (χ2n) is 5.46. The van der Waals surface area contributed by atoms with Crippen molar-refractivity contribution in [1.82, 2.24) is 19.5 Å². The van der Waals surface area contributed by atoms with Gasteiger partial charge in [-0.15, -0.1) is 0 Å². The number of fused-ring (bicyclic) bond motifs is 1. The first-order valence-corrected chi connectivity index (χ1v) is 7.17. The van der Waals surface area contributed by atoms with E-state index in [1.165, 1.54) is 0 Å². The fourth-order valence-electron chi connectivity index (χ4n) is 2.51. The van der Waals surface area contributed by atoms with E-state index in [0.29, 0.717) is 12.1 Å². The van der Waals surface area contributed by atoms with Crippen molar-refractivity contribution in [2.24, 2.45) is 0 Å². The molecule has 5 heteroatoms. The van der Waals surface area contributed by atoms with E-state index >= 15 is 0 Å². The summed E-state index contributed by atoms with van der Waals surface area (Å²) in [4.78, 5) is 18.7. The standard InChI is InChI=1S/C17H18N4O/c1-12-9-16-18-10-15(13(2)21(16)19-12)17(22)20(3)11-14-7-5-4-6-8-14/h4-10H,11H2,1-3H3. The molecule has 112 valence electrons. The van der Waals surface area contributed by atoms with Crippen molar-refractivity contribution in [3.05, 3.63) is 65.1 Å². The van der Waals surface area contributed by atoms with Crippen LogP contribution in [0.5, 0.6) is 0 Å². The van der Waals surface area contributed by atoms with Gasteiger partial charge in [0.1, 0.15) is 0 Å². The average Bonchev–Trinajstić information content (AvgIpc) is 2.89. The maximum absolute atomic E-state index is 12.7. The zero-order chi connectivity index (χ0) is 15.7. The molecule has 0 saturated carbocycles. The Balaban J connectivity index is 1.89. The molecule has 2 heterocycles. The molecule has 0 saturated heterocycles. The van der Waals surface area contributed by atoms with Crippen LogP contribution < -0.4 is 0 Å². The Morgan fingerprint density at radius 3 is 2.68 bits per heavy atom. The first-order chi connectivity index (χ1) is 10.6. The van der Waals surface area contributed by atoms with E-state index in [1.54, 1.807) is 22.7 Å². The van der Waals surface area contributed by atoms with Crippen LogP contribution in [0.15, 0.2) is 42.6 Å². The SMILES string of the molecule is Cc1cc2ncc(C(=O)N(C)Cc3ccccc3)c(C)n2n1. The molecule has 0 atom stereocenters. The summed E-state index contributed by atoms with van der Waals surface area (Å²) in [5.74, 6) is -0.0519. The van der Waals surface area contributed by atoms with Gasteiger partial charge < -0.3 is 4.90 Å². The normalized spacial score (nSPS) is 10.9. The number of hydrogen-bond donors (Lipinski definition) is 0. The van der Waals surface area contributed by atoms with E-state index in [4.69, 9.17) is 0 Å². The van der Waals surface area contributed by atoms with E-state index in [0.717, 1.165) is 22.6 Å². The van der Waals surface area contributed by atoms with Crippen LogP contribution in [0.2, 0.25) is 0 Å². The number of carbonyl (C=O) groups excluding carboxylic acids is 1. The number of rotatable bonds is 3. The van der Waals surface area contributed by atoms with Gasteiger partial charge in [-0.3, -0.25) is 4.79 Å². The molecule has 0 aliphatic carbocycles. The maximum atomic E-state index is 12.7. The lowest BCUT2D eigenvalue weighted by atomic mass is 10.2. The van der Waals surface area contributed by atoms with Crippen molar-refractivity contribution in [2.75, 3.05) is 7.05 Å². The fraction of sp³-hybridized carbons (Fsp3) is 0.235. The van der Waals surface area contributed by atoms with Crippen molar-refractivity contribution < 1.29 is 4.79 Å². The van der Waals surface area contributed by atoms with E-state index < -0.39 is 0 Å². The second kappa shape index (κ2) is 5.60. The highest BCUT2D eigenvalue weighted by Crippen LogP contribution is 2.14. The van der Waals surface area contributed by atoms with Crippen LogP contribution in [0.3, 0.4) is 0 Å². The molecule has 0 fully saturated rings. The van der Waals surface area contributed by atoms with E-state index in [1.807, 2.05) is 50.2 Å². The van der Waals surface area contributed by atoms with Crippen LogP contribution in [-0.4, -0.2) is 32.5 Å². The first kappa shape index (κ1) is 14.3. The lowest BCUT2D eigenvalue weighted by molar-refractivity contribution is 0.0783. The molecule has 1 amide bonds. The van der Waals surface area contributed by atoms with E-state index in [2.05, 4.69) is 10.1 Å². The summed E-state index contributed by atoms with van der Waals surface area (Å²) < 4.78 is 1.72. The van der Waals surface area contributed by atoms with Crippen LogP contribution in [0.1, 0.15) is 27.3 Å². The number of benzene rings is 1. The summed E-state index contributed by atoms with van der Waals surface area (Å²) in [7, 11) is 1.80. The Morgan fingerprint density at radius 2 is 1.95 bits per heavy atom. The molecule has 0 radical (unpaired) electrons. The second-order valence-corrected chi connectivity index (χ2v) is 5.46. The van der Waals surface area contributed by atoms with Crippen LogP contribution in [-0.2, 0) is 6.54 Å². The summed E-state index contributed by atoms with van der Waals surface area (Å²) in [5.41, 5.74) is 4.13. The quantitative estimate of drug-likeness (QED) is 0.746. The molecule has 0 aliphatic rings. The Kier molecular flexibility index (Phi) is 3.63. The highest BCUT2D eigenvalue weighted by molar-refractivity contribution is 5.95. The van der Waals surface area contributed by atoms with Gasteiger partial charge in [0.15, 0.2) is 5.65 Å². The molecule has 1 aromatic carbocycles. The molecular formula is C17H18N4O. The van der Waals surface area contributed by atoms with Crippen molar-refractivity contribution in [3.63, 3.8) is 0 Å². The minimum absolute atomic E-state index is 0.0519. The van der Waals surface area contributed by atoms with Gasteiger partial charge in [0, 0.05) is 25.9 Å². The minimum Gasteiger partial charge on any atom is -0.337 e. The van der Waals surface area contributed by atoms with E-state index in [-0.39, 0.29) is 5.91 Å². The van der Waals surface area contributed by atoms with Crippen LogP contribution in [0.25, 0.3) is 5.65 Å². The largest absolute Gasteiger partial charge is 0.337 e. The summed E-state index contributed by atoms with van der Waals surface area (Å²) in [6, 6.07) is 11.8. The first-order valence-electron chi connectivity index (χ1n) is 7.17. The van der Waals surface area contributed by atoms with Crippen LogP contribution in [0, 0.1) is 13.8 Å². The van der Waals surface area contributed by atoms with Crippen LogP contribution in [0.4, 0.5) is 0 Å². The van der Waals surface area contributed by atoms with Gasteiger partial charge in [0.2, 0.25) is 0 Å². The zero-order valence-corrected chi connectivity index (χ0v) is 12.9. The average molecular weight is 294 g/mol. The molecule has 0 spiro atoms. The third-order valence-electron chi connectivity index (χ3n) is 3.69. The molecule has 0 bridgehead atoms. The van der Waals surface area contributed by atoms with Gasteiger partial charge in [-0.1, -0.05) is 30.3 Å². The molecule has 3 rings (SSSR count). The third-order valence-corrected chi connectivity index (χ3v) is 3.69. The Bertz CT molecular complexity index is 823. The maximum Gasteiger partial charge on any atom is 0.257 e. The third kappa shape index (κ3) is 2.57. The van der Waals surface area contributed by atoms with Crippen LogP contribution >= 0.6 is 0 Å². The molecule has 3 aromatic rings. The Morgan fingerprint density at radius 1 is 1.23 bits per heavy atom. The number of amides is 1. The highest BCUT2D eigenvalue weighted by Gasteiger charge is 2.17. The lowest BCUT2D eigenvalue weighted by Crippen LogP contribution is -2.27. The number of hydrogen-bond acceptors (Lipinski definition) is 3. The highest BCUT2D eigenvalue weighted by atomic mass is 16.2. The van der Waals surface area contributed by atoms with Gasteiger partial charge in [-0.2, -0.15) is 5.10 Å². The lowest BCUT2D eigenvalue weighted by Gasteiger charge is -2.18. The summed E-state index contributed by atoms with van der Waals surface area (Å²) in [6.45, 7) is 4.37. The smallest absolute Gasteiger partial charge is 0.257 e. The van der Waals surface area contributed by atoms with Crippen molar-refractivity contribution in [2.45, 2.75) is 20.4 Å². The van der Waals surface area contributed by atoms with Gasteiger partial charge in [-0.25, -0.2) is 9.50 Å². The van der Waals surface area contributed by atoms with Crippen molar-refractivity contribution >= 4 is 11.6 Å². The number of aromatic nitrogens is 3. The molecular weight excluding hydrogens is 276 g/mol. The topological polar surface area (TPSA) is 50.5 Å². The minimum atomic E-state index is -0.0519. The number of aryl methyl sites for hydroxylation is 2. The van der Waals surface area contributed by atoms with Gasteiger partial charge in [-0.05, 0) is 19.4 Å². The molecule has 2 aromatic heterocycles. The predicted octanol–water partition coefficient (Wildman–Crippen LogP) is 2.62. The van der Waals surface area contributed by atoms with Crippen molar-refractivity contribution in [3.8, 4) is 0 Å². The van der Waals surface area contributed by atoms with Crippen molar-refractivity contribution in [1.29, 1.82) is 0 Å². The number of nitrogens with zero attached hydrogens (tertiary/aromatic N) is 4. The molecule has 0 aliphatic heterocycles. The Hall–Kier alpha value is -2.69. The monoisotopic (exact) mass is 294 g/mol. The molecule has 0 N–H and O–H groups in total.